The van der Waals surface area contributed by atoms with Gasteiger partial charge in [0.15, 0.2) is 5.96 Å². The Morgan fingerprint density at radius 3 is 2.67 bits per heavy atom. The van der Waals surface area contributed by atoms with Crippen molar-refractivity contribution in [1.82, 2.24) is 20.5 Å². The first kappa shape index (κ1) is 23.4. The number of hydrogen-bond donors (Lipinski definition) is 2. The number of piperazine rings is 1. The predicted molar refractivity (Wildman–Crippen MR) is 119 cm³/mol. The summed E-state index contributed by atoms with van der Waals surface area (Å²) in [6.45, 7) is 6.25. The van der Waals surface area contributed by atoms with Crippen molar-refractivity contribution in [2.45, 2.75) is 19.4 Å². The number of nitrogens with one attached hydrogen (secondary N) is 2. The van der Waals surface area contributed by atoms with Gasteiger partial charge in [-0.25, -0.2) is 4.98 Å². The van der Waals surface area contributed by atoms with Crippen LogP contribution in [0, 0.1) is 0 Å². The first-order chi connectivity index (χ1) is 12.6. The van der Waals surface area contributed by atoms with E-state index in [-0.39, 0.29) is 35.9 Å². The van der Waals surface area contributed by atoms with Crippen LogP contribution >= 0.6 is 24.0 Å². The molecule has 1 fully saturated rings. The molecular weight excluding hydrogens is 459 g/mol. The number of amides is 1. The summed E-state index contributed by atoms with van der Waals surface area (Å²) in [7, 11) is 3.38. The third-order valence-electron chi connectivity index (χ3n) is 4.26. The second kappa shape index (κ2) is 12.7. The van der Waals surface area contributed by atoms with Crippen LogP contribution in [0.3, 0.4) is 0 Å². The van der Waals surface area contributed by atoms with E-state index in [1.165, 1.54) is 0 Å². The minimum absolute atomic E-state index is 0. The largest absolute Gasteiger partial charge is 0.383 e. The highest BCUT2D eigenvalue weighted by molar-refractivity contribution is 14.0. The molecule has 1 atom stereocenters. The van der Waals surface area contributed by atoms with E-state index in [1.807, 2.05) is 30.0 Å². The highest BCUT2D eigenvalue weighted by Crippen LogP contribution is 2.12. The van der Waals surface area contributed by atoms with Crippen LogP contribution in [-0.4, -0.2) is 81.3 Å². The van der Waals surface area contributed by atoms with Crippen LogP contribution in [0.5, 0.6) is 0 Å². The third kappa shape index (κ3) is 7.87. The summed E-state index contributed by atoms with van der Waals surface area (Å²) in [5.74, 6) is 1.82. The molecule has 0 bridgehead atoms. The fourth-order valence-corrected chi connectivity index (χ4v) is 2.89. The van der Waals surface area contributed by atoms with Gasteiger partial charge in [0.1, 0.15) is 5.82 Å². The zero-order valence-corrected chi connectivity index (χ0v) is 18.7. The highest BCUT2D eigenvalue weighted by Gasteiger charge is 2.21. The van der Waals surface area contributed by atoms with Gasteiger partial charge in [-0.2, -0.15) is 0 Å². The molecule has 1 amide bonds. The van der Waals surface area contributed by atoms with E-state index in [2.05, 4.69) is 25.5 Å². The van der Waals surface area contributed by atoms with Crippen LogP contribution in [0.25, 0.3) is 0 Å². The Morgan fingerprint density at radius 1 is 1.33 bits per heavy atom. The quantitative estimate of drug-likeness (QED) is 0.337. The molecule has 9 heteroatoms. The Morgan fingerprint density at radius 2 is 2.07 bits per heavy atom. The molecule has 1 aliphatic heterocycles. The van der Waals surface area contributed by atoms with Gasteiger partial charge in [0, 0.05) is 65.5 Å². The number of aromatic nitrogens is 1. The SMILES string of the molecule is CN=C(NCCC(=O)N1CCN(c2ccccn2)CC1)NC(C)COC.I. The number of carbonyl (C=O) groups excluding carboxylic acids is 1. The molecule has 27 heavy (non-hydrogen) atoms. The molecule has 1 saturated heterocycles. The maximum absolute atomic E-state index is 12.4. The normalized spacial score (nSPS) is 15.7. The Hall–Kier alpha value is -1.62. The monoisotopic (exact) mass is 490 g/mol. The van der Waals surface area contributed by atoms with Crippen molar-refractivity contribution < 1.29 is 9.53 Å². The number of carbonyl (C=O) groups is 1. The van der Waals surface area contributed by atoms with Crippen molar-refractivity contribution in [3.63, 3.8) is 0 Å². The van der Waals surface area contributed by atoms with Gasteiger partial charge < -0.3 is 25.2 Å². The fourth-order valence-electron chi connectivity index (χ4n) is 2.89. The summed E-state index contributed by atoms with van der Waals surface area (Å²) in [4.78, 5) is 25.1. The lowest BCUT2D eigenvalue weighted by Crippen LogP contribution is -2.50. The average molecular weight is 490 g/mol. The maximum atomic E-state index is 12.4. The number of nitrogens with zero attached hydrogens (tertiary/aromatic N) is 4. The van der Waals surface area contributed by atoms with E-state index in [0.717, 1.165) is 32.0 Å². The van der Waals surface area contributed by atoms with Gasteiger partial charge in [-0.1, -0.05) is 6.07 Å². The van der Waals surface area contributed by atoms with Gasteiger partial charge in [-0.3, -0.25) is 9.79 Å². The minimum atomic E-state index is 0. The standard InChI is InChI=1S/C18H30N6O2.HI/c1-15(14-26-3)22-18(19-2)21-9-7-17(25)24-12-10-23(11-13-24)16-6-4-5-8-20-16;/h4-6,8,15H,7,9-14H2,1-3H3,(H2,19,21,22);1H. The molecule has 8 nitrogen and oxygen atoms in total. The van der Waals surface area contributed by atoms with E-state index in [1.54, 1.807) is 20.4 Å². The summed E-state index contributed by atoms with van der Waals surface area (Å²) in [6.07, 6.45) is 2.25. The fraction of sp³-hybridized carbons (Fsp3) is 0.611. The maximum Gasteiger partial charge on any atom is 0.224 e. The molecule has 2 N–H and O–H groups in total. The molecule has 1 aromatic heterocycles. The van der Waals surface area contributed by atoms with Gasteiger partial charge in [0.05, 0.1) is 6.61 Å². The molecular formula is C18H31IN6O2. The predicted octanol–water partition coefficient (Wildman–Crippen LogP) is 0.938. The Labute approximate surface area is 178 Å². The van der Waals surface area contributed by atoms with Crippen molar-refractivity contribution in [3.05, 3.63) is 24.4 Å². The van der Waals surface area contributed by atoms with Crippen molar-refractivity contribution in [2.75, 3.05) is 58.4 Å². The van der Waals surface area contributed by atoms with Gasteiger partial charge in [0.25, 0.3) is 0 Å². The lowest BCUT2D eigenvalue weighted by molar-refractivity contribution is -0.131. The second-order valence-corrected chi connectivity index (χ2v) is 6.31. The van der Waals surface area contributed by atoms with Crippen LogP contribution in [0.2, 0.25) is 0 Å². The Balaban J connectivity index is 0.00000364. The smallest absolute Gasteiger partial charge is 0.224 e. The number of pyridine rings is 1. The van der Waals surface area contributed by atoms with Crippen LogP contribution in [-0.2, 0) is 9.53 Å². The van der Waals surface area contributed by atoms with Crippen molar-refractivity contribution >= 4 is 41.7 Å². The first-order valence-electron chi connectivity index (χ1n) is 9.04. The summed E-state index contributed by atoms with van der Waals surface area (Å²) >= 11 is 0. The average Bonchev–Trinajstić information content (AvgIpc) is 2.68. The lowest BCUT2D eigenvalue weighted by Gasteiger charge is -2.35. The number of guanidine groups is 1. The molecule has 2 rings (SSSR count). The van der Waals surface area contributed by atoms with Crippen molar-refractivity contribution in [1.29, 1.82) is 0 Å². The van der Waals surface area contributed by atoms with E-state index in [0.29, 0.717) is 25.5 Å². The highest BCUT2D eigenvalue weighted by atomic mass is 127. The topological polar surface area (TPSA) is 82.1 Å². The summed E-state index contributed by atoms with van der Waals surface area (Å²) in [5, 5.41) is 6.40. The number of halogens is 1. The van der Waals surface area contributed by atoms with Gasteiger partial charge >= 0.3 is 0 Å². The number of hydrogen-bond acceptors (Lipinski definition) is 5. The number of methoxy groups -OCH3 is 1. The Kier molecular flexibility index (Phi) is 11.0. The van der Waals surface area contributed by atoms with Crippen LogP contribution in [0.15, 0.2) is 29.4 Å². The van der Waals surface area contributed by atoms with Crippen LogP contribution in [0.4, 0.5) is 5.82 Å². The van der Waals surface area contributed by atoms with Gasteiger partial charge in [-0.15, -0.1) is 24.0 Å². The minimum Gasteiger partial charge on any atom is -0.383 e. The summed E-state index contributed by atoms with van der Waals surface area (Å²) in [6, 6.07) is 6.06. The third-order valence-corrected chi connectivity index (χ3v) is 4.26. The summed E-state index contributed by atoms with van der Waals surface area (Å²) in [5.41, 5.74) is 0. The molecule has 0 saturated carbocycles. The molecule has 2 heterocycles. The molecule has 152 valence electrons. The van der Waals surface area contributed by atoms with Crippen molar-refractivity contribution in [2.24, 2.45) is 4.99 Å². The second-order valence-electron chi connectivity index (χ2n) is 6.31. The zero-order valence-electron chi connectivity index (χ0n) is 16.4. The molecule has 0 radical (unpaired) electrons. The van der Waals surface area contributed by atoms with E-state index in [4.69, 9.17) is 4.74 Å². The Bertz CT molecular complexity index is 578. The van der Waals surface area contributed by atoms with E-state index in [9.17, 15) is 4.79 Å². The van der Waals surface area contributed by atoms with Gasteiger partial charge in [-0.05, 0) is 19.1 Å². The lowest BCUT2D eigenvalue weighted by atomic mass is 10.2. The van der Waals surface area contributed by atoms with E-state index < -0.39 is 0 Å². The number of anilines is 1. The first-order valence-corrected chi connectivity index (χ1v) is 9.04. The molecule has 0 aliphatic carbocycles. The van der Waals surface area contributed by atoms with Crippen molar-refractivity contribution in [3.8, 4) is 0 Å². The number of rotatable bonds is 7. The molecule has 1 aliphatic rings. The number of ether oxygens (including phenoxy) is 1. The molecule has 1 aromatic rings. The molecule has 0 aromatic carbocycles. The zero-order chi connectivity index (χ0) is 18.8. The van der Waals surface area contributed by atoms with Gasteiger partial charge in [0.2, 0.25) is 5.91 Å². The van der Waals surface area contributed by atoms with Crippen LogP contribution < -0.4 is 15.5 Å². The number of aliphatic imine (C=N–C) groups is 1. The van der Waals surface area contributed by atoms with E-state index >= 15 is 0 Å². The van der Waals surface area contributed by atoms with Crippen LogP contribution in [0.1, 0.15) is 13.3 Å². The summed E-state index contributed by atoms with van der Waals surface area (Å²) < 4.78 is 5.10. The molecule has 1 unspecified atom stereocenters. The molecule has 0 spiro atoms.